The van der Waals surface area contributed by atoms with Gasteiger partial charge in [0.25, 0.3) is 5.91 Å². The summed E-state index contributed by atoms with van der Waals surface area (Å²) in [6.45, 7) is 2.38. The van der Waals surface area contributed by atoms with Gasteiger partial charge in [0.05, 0.1) is 30.5 Å². The normalized spacial score (nSPS) is 11.0. The van der Waals surface area contributed by atoms with Crippen LogP contribution in [0, 0.1) is 0 Å². The van der Waals surface area contributed by atoms with Gasteiger partial charge < -0.3 is 14.8 Å². The van der Waals surface area contributed by atoms with Gasteiger partial charge in [-0.2, -0.15) is 0 Å². The van der Waals surface area contributed by atoms with E-state index in [1.165, 1.54) is 11.3 Å². The van der Waals surface area contributed by atoms with Gasteiger partial charge in [0, 0.05) is 21.0 Å². The van der Waals surface area contributed by atoms with E-state index in [0.717, 1.165) is 33.9 Å². The van der Waals surface area contributed by atoms with E-state index in [4.69, 9.17) is 14.5 Å². The van der Waals surface area contributed by atoms with Crippen molar-refractivity contribution in [3.05, 3.63) is 90.0 Å². The Balaban J connectivity index is 1.56. The number of nitrogens with zero attached hydrogens (tertiary/aromatic N) is 1. The van der Waals surface area contributed by atoms with E-state index in [-0.39, 0.29) is 5.91 Å². The van der Waals surface area contributed by atoms with Crippen LogP contribution in [0.2, 0.25) is 0 Å². The number of rotatable bonds is 8. The second kappa shape index (κ2) is 10.8. The third-order valence-electron chi connectivity index (χ3n) is 6.08. The summed E-state index contributed by atoms with van der Waals surface area (Å²) in [5.74, 6) is -0.0512. The molecule has 0 aliphatic rings. The zero-order chi connectivity index (χ0) is 25.8. The number of thiophene rings is 1. The minimum atomic E-state index is -0.433. The molecule has 3 aromatic carbocycles. The monoisotopic (exact) mass is 510 g/mol. The molecule has 7 heteroatoms. The maximum Gasteiger partial charge on any atom is 0.341 e. The van der Waals surface area contributed by atoms with Crippen molar-refractivity contribution in [3.63, 3.8) is 0 Å². The standard InChI is InChI=1S/C30H26N2O4S/c1-3-4-16-36-30(34)27-22-13-6-8-15-26(22)37-29(27)32-28(33)23-18-25(19-10-9-11-20(17-19)35-2)31-24-14-7-5-12-21(23)24/h5-15,17-18H,3-4,16H2,1-2H3,(H,32,33). The Hall–Kier alpha value is -4.23. The van der Waals surface area contributed by atoms with Crippen LogP contribution in [0.1, 0.15) is 40.5 Å². The van der Waals surface area contributed by atoms with Crippen molar-refractivity contribution >= 4 is 49.2 Å². The fourth-order valence-electron chi connectivity index (χ4n) is 4.18. The van der Waals surface area contributed by atoms with E-state index in [0.29, 0.717) is 39.7 Å². The zero-order valence-electron chi connectivity index (χ0n) is 20.6. The number of hydrogen-bond acceptors (Lipinski definition) is 6. The first-order valence-electron chi connectivity index (χ1n) is 12.1. The summed E-state index contributed by atoms with van der Waals surface area (Å²) < 4.78 is 11.8. The molecule has 0 spiro atoms. The van der Waals surface area contributed by atoms with Crippen LogP contribution in [0.5, 0.6) is 5.75 Å². The number of benzene rings is 3. The number of carbonyl (C=O) groups excluding carboxylic acids is 2. The van der Waals surface area contributed by atoms with Gasteiger partial charge in [0.15, 0.2) is 0 Å². The molecule has 186 valence electrons. The molecule has 2 heterocycles. The van der Waals surface area contributed by atoms with Crippen molar-refractivity contribution in [2.45, 2.75) is 19.8 Å². The molecule has 37 heavy (non-hydrogen) atoms. The number of para-hydroxylation sites is 1. The number of ether oxygens (including phenoxy) is 2. The summed E-state index contributed by atoms with van der Waals surface area (Å²) >= 11 is 1.36. The number of methoxy groups -OCH3 is 1. The highest BCUT2D eigenvalue weighted by Crippen LogP contribution is 2.37. The van der Waals surface area contributed by atoms with Gasteiger partial charge in [-0.3, -0.25) is 4.79 Å². The topological polar surface area (TPSA) is 77.5 Å². The van der Waals surface area contributed by atoms with Crippen molar-refractivity contribution in [3.8, 4) is 17.0 Å². The summed E-state index contributed by atoms with van der Waals surface area (Å²) in [5.41, 5.74) is 3.03. The number of pyridine rings is 1. The lowest BCUT2D eigenvalue weighted by atomic mass is 10.0. The molecule has 2 aromatic heterocycles. The molecule has 0 bridgehead atoms. The van der Waals surface area contributed by atoms with Crippen molar-refractivity contribution < 1.29 is 19.1 Å². The number of hydrogen-bond donors (Lipinski definition) is 1. The van der Waals surface area contributed by atoms with Gasteiger partial charge in [-0.05, 0) is 36.8 Å². The van der Waals surface area contributed by atoms with Crippen LogP contribution >= 0.6 is 11.3 Å². The minimum absolute atomic E-state index is 0.322. The smallest absolute Gasteiger partial charge is 0.341 e. The second-order valence-corrected chi connectivity index (χ2v) is 9.60. The second-order valence-electron chi connectivity index (χ2n) is 8.55. The average molecular weight is 511 g/mol. The predicted molar refractivity (Wildman–Crippen MR) is 149 cm³/mol. The summed E-state index contributed by atoms with van der Waals surface area (Å²) in [6.07, 6.45) is 1.71. The van der Waals surface area contributed by atoms with Crippen LogP contribution in [-0.2, 0) is 4.74 Å². The first kappa shape index (κ1) is 24.5. The largest absolute Gasteiger partial charge is 0.497 e. The molecule has 0 saturated heterocycles. The highest BCUT2D eigenvalue weighted by molar-refractivity contribution is 7.23. The Labute approximate surface area is 218 Å². The number of fused-ring (bicyclic) bond motifs is 2. The van der Waals surface area contributed by atoms with Crippen LogP contribution in [0.15, 0.2) is 78.9 Å². The Bertz CT molecular complexity index is 1610. The van der Waals surface area contributed by atoms with E-state index in [2.05, 4.69) is 5.32 Å². The molecule has 0 unspecified atom stereocenters. The Morgan fingerprint density at radius 1 is 0.946 bits per heavy atom. The summed E-state index contributed by atoms with van der Waals surface area (Å²) in [7, 11) is 1.61. The molecule has 0 saturated carbocycles. The first-order valence-corrected chi connectivity index (χ1v) is 12.9. The van der Waals surface area contributed by atoms with Crippen LogP contribution in [0.3, 0.4) is 0 Å². The maximum absolute atomic E-state index is 13.7. The highest BCUT2D eigenvalue weighted by Gasteiger charge is 2.23. The molecule has 0 aliphatic heterocycles. The highest BCUT2D eigenvalue weighted by atomic mass is 32.1. The van der Waals surface area contributed by atoms with Crippen molar-refractivity contribution in [1.29, 1.82) is 0 Å². The Kier molecular flexibility index (Phi) is 7.14. The minimum Gasteiger partial charge on any atom is -0.497 e. The van der Waals surface area contributed by atoms with Crippen LogP contribution < -0.4 is 10.1 Å². The fourth-order valence-corrected chi connectivity index (χ4v) is 5.27. The van der Waals surface area contributed by atoms with Crippen LogP contribution in [0.25, 0.3) is 32.2 Å². The SMILES string of the molecule is CCCCOC(=O)c1c(NC(=O)c2cc(-c3cccc(OC)c3)nc3ccccc23)sc2ccccc12. The third kappa shape index (κ3) is 5.04. The number of nitrogens with one attached hydrogen (secondary N) is 1. The summed E-state index contributed by atoms with van der Waals surface area (Å²) in [6, 6.07) is 24.5. The molecule has 0 aliphatic carbocycles. The summed E-state index contributed by atoms with van der Waals surface area (Å²) in [5, 5.41) is 4.96. The van der Waals surface area contributed by atoms with E-state index < -0.39 is 5.97 Å². The van der Waals surface area contributed by atoms with Crippen molar-refractivity contribution in [2.75, 3.05) is 19.0 Å². The van der Waals surface area contributed by atoms with Gasteiger partial charge >= 0.3 is 5.97 Å². The van der Waals surface area contributed by atoms with E-state index in [9.17, 15) is 9.59 Å². The van der Waals surface area contributed by atoms with Gasteiger partial charge in [-0.1, -0.05) is 61.9 Å². The van der Waals surface area contributed by atoms with Gasteiger partial charge in [0.2, 0.25) is 0 Å². The van der Waals surface area contributed by atoms with Gasteiger partial charge in [-0.25, -0.2) is 9.78 Å². The number of aromatic nitrogens is 1. The molecule has 0 fully saturated rings. The van der Waals surface area contributed by atoms with E-state index in [1.54, 1.807) is 13.2 Å². The molecular weight excluding hydrogens is 484 g/mol. The van der Waals surface area contributed by atoms with E-state index >= 15 is 0 Å². The zero-order valence-corrected chi connectivity index (χ0v) is 21.4. The number of carbonyl (C=O) groups is 2. The molecule has 0 atom stereocenters. The van der Waals surface area contributed by atoms with Gasteiger partial charge in [0.1, 0.15) is 16.3 Å². The lowest BCUT2D eigenvalue weighted by Gasteiger charge is -2.12. The third-order valence-corrected chi connectivity index (χ3v) is 7.17. The number of anilines is 1. The first-order chi connectivity index (χ1) is 18.1. The fraction of sp³-hybridized carbons (Fsp3) is 0.167. The number of esters is 1. The molecule has 5 aromatic rings. The predicted octanol–water partition coefficient (Wildman–Crippen LogP) is 7.33. The lowest BCUT2D eigenvalue weighted by Crippen LogP contribution is -2.15. The maximum atomic E-state index is 13.7. The Morgan fingerprint density at radius 3 is 2.54 bits per heavy atom. The summed E-state index contributed by atoms with van der Waals surface area (Å²) in [4.78, 5) is 31.6. The van der Waals surface area contributed by atoms with Crippen molar-refractivity contribution in [2.24, 2.45) is 0 Å². The van der Waals surface area contributed by atoms with Crippen LogP contribution in [-0.4, -0.2) is 30.6 Å². The molecule has 1 N–H and O–H groups in total. The molecular formula is C30H26N2O4S. The number of unbranched alkanes of at least 4 members (excludes halogenated alkanes) is 1. The number of amides is 1. The molecule has 6 nitrogen and oxygen atoms in total. The Morgan fingerprint density at radius 2 is 1.73 bits per heavy atom. The molecule has 0 radical (unpaired) electrons. The lowest BCUT2D eigenvalue weighted by molar-refractivity contribution is 0.0503. The quantitative estimate of drug-likeness (QED) is 0.175. The average Bonchev–Trinajstić information content (AvgIpc) is 3.30. The molecule has 1 amide bonds. The van der Waals surface area contributed by atoms with Crippen molar-refractivity contribution in [1.82, 2.24) is 4.98 Å². The van der Waals surface area contributed by atoms with E-state index in [1.807, 2.05) is 79.7 Å². The molecule has 5 rings (SSSR count). The van der Waals surface area contributed by atoms with Gasteiger partial charge in [-0.15, -0.1) is 11.3 Å². The van der Waals surface area contributed by atoms with Crippen LogP contribution in [0.4, 0.5) is 5.00 Å².